The molecule has 3 aromatic carbocycles. The van der Waals surface area contributed by atoms with Crippen molar-refractivity contribution in [3.63, 3.8) is 0 Å². The fraction of sp³-hybridized carbons (Fsp3) is 0.357. The van der Waals surface area contributed by atoms with Crippen molar-refractivity contribution in [2.45, 2.75) is 38.6 Å². The molecule has 2 aliphatic rings. The van der Waals surface area contributed by atoms with E-state index in [4.69, 9.17) is 9.47 Å². The molecule has 10 heteroatoms. The van der Waals surface area contributed by atoms with Crippen molar-refractivity contribution in [3.8, 4) is 16.9 Å². The fourth-order valence-electron chi connectivity index (χ4n) is 4.69. The fourth-order valence-corrected chi connectivity index (χ4v) is 4.69. The van der Waals surface area contributed by atoms with E-state index in [-0.39, 0.29) is 11.1 Å². The van der Waals surface area contributed by atoms with Crippen LogP contribution in [0.5, 0.6) is 5.75 Å². The smallest absolute Gasteiger partial charge is 0.429 e. The summed E-state index contributed by atoms with van der Waals surface area (Å²) in [5, 5.41) is 0. The molecule has 0 unspecified atom stereocenters. The molecule has 0 atom stereocenters. The molecule has 38 heavy (non-hydrogen) atoms. The van der Waals surface area contributed by atoms with E-state index < -0.39 is 58.4 Å². The van der Waals surface area contributed by atoms with Gasteiger partial charge in [-0.3, -0.25) is 0 Å². The summed E-state index contributed by atoms with van der Waals surface area (Å²) in [7, 11) is 0. The Hall–Kier alpha value is -3.11. The predicted molar refractivity (Wildman–Crippen MR) is 123 cm³/mol. The summed E-state index contributed by atoms with van der Waals surface area (Å²) in [6.45, 7) is 2.04. The minimum Gasteiger partial charge on any atom is -0.429 e. The molecule has 1 aliphatic carbocycles. The number of halogens is 7. The van der Waals surface area contributed by atoms with E-state index in [9.17, 15) is 30.7 Å². The first-order chi connectivity index (χ1) is 18.0. The van der Waals surface area contributed by atoms with Crippen LogP contribution in [0.4, 0.5) is 30.7 Å². The van der Waals surface area contributed by atoms with E-state index in [1.165, 1.54) is 18.6 Å². The van der Waals surface area contributed by atoms with Gasteiger partial charge in [0.05, 0.1) is 13.2 Å². The largest absolute Gasteiger partial charge is 0.432 e. The summed E-state index contributed by atoms with van der Waals surface area (Å²) in [4.78, 5) is 0. The molecule has 0 spiro atoms. The van der Waals surface area contributed by atoms with Crippen molar-refractivity contribution in [1.29, 1.82) is 0 Å². The second-order valence-corrected chi connectivity index (χ2v) is 9.63. The highest BCUT2D eigenvalue weighted by atomic mass is 19.3. The van der Waals surface area contributed by atoms with Crippen LogP contribution in [0.15, 0.2) is 42.5 Å². The molecule has 5 rings (SSSR count). The van der Waals surface area contributed by atoms with E-state index in [1.54, 1.807) is 0 Å². The molecule has 0 bridgehead atoms. The Morgan fingerprint density at radius 2 is 1.37 bits per heavy atom. The van der Waals surface area contributed by atoms with Gasteiger partial charge in [-0.25, -0.2) is 22.0 Å². The lowest BCUT2D eigenvalue weighted by molar-refractivity contribution is -0.216. The monoisotopic (exact) mass is 540 g/mol. The van der Waals surface area contributed by atoms with Crippen molar-refractivity contribution in [2.24, 2.45) is 11.8 Å². The van der Waals surface area contributed by atoms with Crippen LogP contribution >= 0.6 is 0 Å². The minimum atomic E-state index is -4.63. The normalized spacial score (nSPS) is 20.3. The third kappa shape index (κ3) is 5.11. The molecule has 0 amide bonds. The molecule has 1 heterocycles. The Kier molecular flexibility index (Phi) is 7.13. The van der Waals surface area contributed by atoms with E-state index >= 15 is 0 Å². The van der Waals surface area contributed by atoms with Crippen molar-refractivity contribution in [3.05, 3.63) is 88.2 Å². The number of rotatable bonds is 6. The quantitative estimate of drug-likeness (QED) is 0.297. The second kappa shape index (κ2) is 10.2. The van der Waals surface area contributed by atoms with Crippen molar-refractivity contribution in [1.82, 2.24) is 0 Å². The predicted octanol–water partition coefficient (Wildman–Crippen LogP) is 7.95. The van der Waals surface area contributed by atoms with Gasteiger partial charge in [-0.1, -0.05) is 31.4 Å². The van der Waals surface area contributed by atoms with Crippen LogP contribution < -0.4 is 4.74 Å². The van der Waals surface area contributed by atoms with Crippen molar-refractivity contribution >= 4 is 0 Å². The average molecular weight is 540 g/mol. The highest BCUT2D eigenvalue weighted by Crippen LogP contribution is 2.40. The average Bonchev–Trinajstić information content (AvgIpc) is 2.81. The molecule has 202 valence electrons. The van der Waals surface area contributed by atoms with Crippen LogP contribution in [0.2, 0.25) is 0 Å². The summed E-state index contributed by atoms with van der Waals surface area (Å²) in [6.07, 6.45) is -1.96. The first kappa shape index (κ1) is 26.5. The Morgan fingerprint density at radius 3 is 1.89 bits per heavy atom. The topological polar surface area (TPSA) is 27.7 Å². The molecular weight excluding hydrogens is 517 g/mol. The lowest BCUT2D eigenvalue weighted by atomic mass is 9.76. The van der Waals surface area contributed by atoms with Gasteiger partial charge in [0.15, 0.2) is 6.29 Å². The molecular formula is C28H23F7O3. The Balaban J connectivity index is 1.35. The summed E-state index contributed by atoms with van der Waals surface area (Å²) in [5.74, 6) is -6.78. The molecule has 1 aliphatic heterocycles. The lowest BCUT2D eigenvalue weighted by Crippen LogP contribution is -2.35. The van der Waals surface area contributed by atoms with Crippen molar-refractivity contribution < 1.29 is 44.9 Å². The Morgan fingerprint density at radius 1 is 0.763 bits per heavy atom. The number of benzene rings is 3. The van der Waals surface area contributed by atoms with Crippen LogP contribution in [0, 0.1) is 47.8 Å². The van der Waals surface area contributed by atoms with E-state index in [0.717, 1.165) is 25.8 Å². The van der Waals surface area contributed by atoms with Gasteiger partial charge in [0, 0.05) is 34.7 Å². The second-order valence-electron chi connectivity index (χ2n) is 9.63. The highest BCUT2D eigenvalue weighted by Gasteiger charge is 2.41. The zero-order chi connectivity index (χ0) is 27.2. The molecule has 2 fully saturated rings. The zero-order valence-corrected chi connectivity index (χ0v) is 20.2. The van der Waals surface area contributed by atoms with E-state index in [1.807, 2.05) is 0 Å². The van der Waals surface area contributed by atoms with Crippen LogP contribution in [-0.2, 0) is 15.6 Å². The zero-order valence-electron chi connectivity index (χ0n) is 20.2. The standard InChI is InChI=1S/C28H23F7O3/c1-14-21(29)10-19(11-22(14)30)38-28(34,35)26-24(32)8-17(9-25(26)33)20-6-5-16(7-23(20)31)27-36-12-18(13-37-27)15-3-2-4-15/h5-11,15,18,27H,2-4,12-13H2,1H3. The van der Waals surface area contributed by atoms with Gasteiger partial charge in [-0.05, 0) is 36.6 Å². The van der Waals surface area contributed by atoms with Gasteiger partial charge in [0.25, 0.3) is 0 Å². The van der Waals surface area contributed by atoms with Crippen LogP contribution in [-0.4, -0.2) is 13.2 Å². The molecule has 0 radical (unpaired) electrons. The van der Waals surface area contributed by atoms with Gasteiger partial charge < -0.3 is 14.2 Å². The molecule has 0 aromatic heterocycles. The number of ether oxygens (including phenoxy) is 3. The number of hydrogen-bond acceptors (Lipinski definition) is 3. The van der Waals surface area contributed by atoms with Gasteiger partial charge >= 0.3 is 6.11 Å². The number of alkyl halides is 2. The summed E-state index contributed by atoms with van der Waals surface area (Å²) < 4.78 is 117. The van der Waals surface area contributed by atoms with Gasteiger partial charge in [-0.15, -0.1) is 0 Å². The molecule has 3 nitrogen and oxygen atoms in total. The van der Waals surface area contributed by atoms with E-state index in [0.29, 0.717) is 54.9 Å². The molecule has 1 saturated carbocycles. The van der Waals surface area contributed by atoms with Crippen LogP contribution in [0.1, 0.15) is 42.2 Å². The van der Waals surface area contributed by atoms with Crippen molar-refractivity contribution in [2.75, 3.05) is 13.2 Å². The van der Waals surface area contributed by atoms with E-state index in [2.05, 4.69) is 4.74 Å². The summed E-state index contributed by atoms with van der Waals surface area (Å²) in [6, 6.07) is 5.82. The van der Waals surface area contributed by atoms with Gasteiger partial charge in [0.2, 0.25) is 0 Å². The molecule has 3 aromatic rings. The Labute approximate surface area is 214 Å². The minimum absolute atomic E-state index is 0.242. The maximum Gasteiger partial charge on any atom is 0.432 e. The van der Waals surface area contributed by atoms with Gasteiger partial charge in [-0.2, -0.15) is 8.78 Å². The summed E-state index contributed by atoms with van der Waals surface area (Å²) >= 11 is 0. The summed E-state index contributed by atoms with van der Waals surface area (Å²) in [5.41, 5.74) is -2.44. The maximum absolute atomic E-state index is 15.0. The first-order valence-electron chi connectivity index (χ1n) is 12.1. The maximum atomic E-state index is 15.0. The number of hydrogen-bond donors (Lipinski definition) is 0. The lowest BCUT2D eigenvalue weighted by Gasteiger charge is -2.38. The van der Waals surface area contributed by atoms with Gasteiger partial charge in [0.1, 0.15) is 40.4 Å². The third-order valence-corrected chi connectivity index (χ3v) is 7.15. The van der Waals surface area contributed by atoms with Crippen LogP contribution in [0.25, 0.3) is 11.1 Å². The highest BCUT2D eigenvalue weighted by molar-refractivity contribution is 5.65. The first-order valence-corrected chi connectivity index (χ1v) is 12.1. The molecule has 0 N–H and O–H groups in total. The Bertz CT molecular complexity index is 1300. The molecule has 1 saturated heterocycles. The third-order valence-electron chi connectivity index (χ3n) is 7.15. The van der Waals surface area contributed by atoms with Crippen LogP contribution in [0.3, 0.4) is 0 Å². The SMILES string of the molecule is Cc1c(F)cc(OC(F)(F)c2c(F)cc(-c3ccc(C4OCC(C5CCC5)CO4)cc3F)cc2F)cc1F.